The average Bonchev–Trinajstić information content (AvgIpc) is 3.77. The predicted molar refractivity (Wildman–Crippen MR) is 170 cm³/mol. The van der Waals surface area contributed by atoms with Crippen LogP contribution in [0.15, 0.2) is 101 Å². The standard InChI is InChI=1S/C35H23FN2O4S2/c1-37-34-29(16-17-43-34)32-30-20-27(36)13-15-31(30)38(44(41,42)28-14-12-21-4-2-6-25(21)19-28)33(32)26-7-3-5-24(18-26)22-8-10-23(11-9-22)35(39)40/h3,5,7-20H,2,4,6H2,(H,39,40). The number of carboxylic acid groups (broad SMARTS) is 1. The van der Waals surface area contributed by atoms with Gasteiger partial charge in [-0.05, 0) is 95.4 Å². The molecule has 1 aliphatic rings. The number of thiophene rings is 1. The van der Waals surface area contributed by atoms with Crippen molar-refractivity contribution in [3.63, 3.8) is 0 Å². The molecule has 7 rings (SSSR count). The smallest absolute Gasteiger partial charge is 0.335 e. The third-order valence-electron chi connectivity index (χ3n) is 8.11. The Morgan fingerprint density at radius 3 is 2.43 bits per heavy atom. The summed E-state index contributed by atoms with van der Waals surface area (Å²) < 4.78 is 45.5. The van der Waals surface area contributed by atoms with Gasteiger partial charge in [-0.25, -0.2) is 26.4 Å². The zero-order chi connectivity index (χ0) is 30.6. The quantitative estimate of drug-likeness (QED) is 0.189. The van der Waals surface area contributed by atoms with E-state index < -0.39 is 21.8 Å². The van der Waals surface area contributed by atoms with Crippen molar-refractivity contribution in [2.45, 2.75) is 24.2 Å². The van der Waals surface area contributed by atoms with E-state index in [1.807, 2.05) is 18.2 Å². The molecular formula is C35H23FN2O4S2. The lowest BCUT2D eigenvalue weighted by atomic mass is 9.96. The van der Waals surface area contributed by atoms with E-state index in [1.54, 1.807) is 47.8 Å². The molecule has 0 aliphatic heterocycles. The van der Waals surface area contributed by atoms with Gasteiger partial charge in [0.05, 0.1) is 28.2 Å². The number of benzene rings is 4. The molecule has 0 fully saturated rings. The zero-order valence-electron chi connectivity index (χ0n) is 23.1. The fraction of sp³-hybridized carbons (Fsp3) is 0.0857. The van der Waals surface area contributed by atoms with Crippen LogP contribution in [-0.2, 0) is 22.9 Å². The molecule has 6 nitrogen and oxygen atoms in total. The van der Waals surface area contributed by atoms with E-state index >= 15 is 0 Å². The van der Waals surface area contributed by atoms with E-state index in [9.17, 15) is 22.7 Å². The molecule has 6 aromatic rings. The van der Waals surface area contributed by atoms with E-state index in [-0.39, 0.29) is 10.5 Å². The predicted octanol–water partition coefficient (Wildman–Crippen LogP) is 8.82. The zero-order valence-corrected chi connectivity index (χ0v) is 24.8. The first-order valence-corrected chi connectivity index (χ1v) is 16.2. The summed E-state index contributed by atoms with van der Waals surface area (Å²) in [6.45, 7) is 7.80. The Morgan fingerprint density at radius 2 is 1.66 bits per heavy atom. The number of hydrogen-bond acceptors (Lipinski definition) is 4. The summed E-state index contributed by atoms with van der Waals surface area (Å²) in [6.07, 6.45) is 2.69. The first-order valence-electron chi connectivity index (χ1n) is 13.9. The van der Waals surface area contributed by atoms with Crippen molar-refractivity contribution in [3.8, 4) is 33.5 Å². The maximum atomic E-state index is 14.9. The summed E-state index contributed by atoms with van der Waals surface area (Å²) in [7, 11) is -4.21. The van der Waals surface area contributed by atoms with Gasteiger partial charge in [-0.2, -0.15) is 11.3 Å². The highest BCUT2D eigenvalue weighted by Crippen LogP contribution is 2.48. The second-order valence-corrected chi connectivity index (χ2v) is 13.3. The van der Waals surface area contributed by atoms with Gasteiger partial charge < -0.3 is 5.11 Å². The van der Waals surface area contributed by atoms with Crippen LogP contribution in [0.4, 0.5) is 9.39 Å². The van der Waals surface area contributed by atoms with Crippen LogP contribution < -0.4 is 0 Å². The van der Waals surface area contributed by atoms with Gasteiger partial charge in [-0.3, -0.25) is 0 Å². The van der Waals surface area contributed by atoms with Crippen LogP contribution >= 0.6 is 11.3 Å². The highest BCUT2D eigenvalue weighted by Gasteiger charge is 2.31. The van der Waals surface area contributed by atoms with Crippen LogP contribution in [0.1, 0.15) is 27.9 Å². The largest absolute Gasteiger partial charge is 0.478 e. The Kier molecular flexibility index (Phi) is 6.69. The third-order valence-corrected chi connectivity index (χ3v) is 10.6. The number of carbonyl (C=O) groups is 1. The minimum Gasteiger partial charge on any atom is -0.478 e. The van der Waals surface area contributed by atoms with Crippen molar-refractivity contribution in [3.05, 3.63) is 130 Å². The Morgan fingerprint density at radius 1 is 0.886 bits per heavy atom. The minimum atomic E-state index is -4.21. The van der Waals surface area contributed by atoms with Crippen molar-refractivity contribution in [2.75, 3.05) is 0 Å². The highest BCUT2D eigenvalue weighted by molar-refractivity contribution is 7.90. The van der Waals surface area contributed by atoms with E-state index in [1.165, 1.54) is 45.6 Å². The van der Waals surface area contributed by atoms with Crippen LogP contribution in [0.2, 0.25) is 0 Å². The molecule has 0 saturated carbocycles. The van der Waals surface area contributed by atoms with E-state index in [0.29, 0.717) is 38.3 Å². The third kappa shape index (κ3) is 4.51. The van der Waals surface area contributed by atoms with Crippen molar-refractivity contribution < 1.29 is 22.7 Å². The lowest BCUT2D eigenvalue weighted by molar-refractivity contribution is 0.0697. The molecule has 0 saturated heterocycles. The summed E-state index contributed by atoms with van der Waals surface area (Å²) >= 11 is 1.24. The fourth-order valence-corrected chi connectivity index (χ4v) is 8.34. The second kappa shape index (κ2) is 10.6. The molecule has 2 heterocycles. The molecule has 216 valence electrons. The summed E-state index contributed by atoms with van der Waals surface area (Å²) in [4.78, 5) is 15.2. The van der Waals surface area contributed by atoms with Gasteiger partial charge in [0, 0.05) is 22.1 Å². The lowest BCUT2D eigenvalue weighted by Gasteiger charge is -2.15. The number of aryl methyl sites for hydroxylation is 2. The molecular weight excluding hydrogens is 596 g/mol. The van der Waals surface area contributed by atoms with Crippen LogP contribution in [0.25, 0.3) is 49.3 Å². The van der Waals surface area contributed by atoms with Crippen molar-refractivity contribution in [1.82, 2.24) is 3.97 Å². The van der Waals surface area contributed by atoms with Gasteiger partial charge in [0.25, 0.3) is 10.0 Å². The molecule has 2 aromatic heterocycles. The van der Waals surface area contributed by atoms with E-state index in [2.05, 4.69) is 4.85 Å². The van der Waals surface area contributed by atoms with Crippen molar-refractivity contribution in [2.24, 2.45) is 0 Å². The Labute approximate surface area is 257 Å². The van der Waals surface area contributed by atoms with E-state index in [0.717, 1.165) is 41.5 Å². The fourth-order valence-electron chi connectivity index (χ4n) is 6.06. The van der Waals surface area contributed by atoms with Gasteiger partial charge in [-0.1, -0.05) is 42.5 Å². The number of rotatable bonds is 6. The van der Waals surface area contributed by atoms with Crippen molar-refractivity contribution in [1.29, 1.82) is 0 Å². The number of nitrogens with zero attached hydrogens (tertiary/aromatic N) is 2. The number of aromatic nitrogens is 1. The maximum absolute atomic E-state index is 14.9. The van der Waals surface area contributed by atoms with Gasteiger partial charge >= 0.3 is 5.97 Å². The van der Waals surface area contributed by atoms with Gasteiger partial charge in [0.1, 0.15) is 5.82 Å². The van der Waals surface area contributed by atoms with Gasteiger partial charge in [-0.15, -0.1) is 0 Å². The topological polar surface area (TPSA) is 80.7 Å². The highest BCUT2D eigenvalue weighted by atomic mass is 32.2. The second-order valence-electron chi connectivity index (χ2n) is 10.7. The molecule has 0 unspecified atom stereocenters. The lowest BCUT2D eigenvalue weighted by Crippen LogP contribution is -2.15. The molecule has 1 aliphatic carbocycles. The molecule has 0 amide bonds. The van der Waals surface area contributed by atoms with E-state index in [4.69, 9.17) is 6.57 Å². The SMILES string of the molecule is [C-]#[N+]c1sccc1-c1c(-c2cccc(-c3ccc(C(=O)O)cc3)c2)n(S(=O)(=O)c2ccc3c(c2)CCC3)c2ccc(F)cc12. The molecule has 1 N–H and O–H groups in total. The van der Waals surface area contributed by atoms with Gasteiger partial charge in [0.15, 0.2) is 0 Å². The van der Waals surface area contributed by atoms with Crippen LogP contribution in [-0.4, -0.2) is 23.5 Å². The normalized spacial score (nSPS) is 12.7. The molecule has 0 atom stereocenters. The summed E-state index contributed by atoms with van der Waals surface area (Å²) in [5.74, 6) is -1.56. The summed E-state index contributed by atoms with van der Waals surface area (Å²) in [5.41, 5.74) is 5.92. The van der Waals surface area contributed by atoms with Crippen LogP contribution in [0.3, 0.4) is 0 Å². The molecule has 9 heteroatoms. The molecule has 4 aromatic carbocycles. The van der Waals surface area contributed by atoms with Crippen molar-refractivity contribution >= 4 is 43.2 Å². The first kappa shape index (κ1) is 27.8. The molecule has 0 spiro atoms. The number of halogens is 1. The summed E-state index contributed by atoms with van der Waals surface area (Å²) in [6, 6.07) is 24.8. The first-order chi connectivity index (χ1) is 21.3. The Bertz CT molecular complexity index is 2280. The number of hydrogen-bond donors (Lipinski definition) is 1. The molecule has 44 heavy (non-hydrogen) atoms. The minimum absolute atomic E-state index is 0.142. The molecule has 0 radical (unpaired) electrons. The summed E-state index contributed by atoms with van der Waals surface area (Å²) in [5, 5.41) is 11.8. The average molecular weight is 619 g/mol. The van der Waals surface area contributed by atoms with Gasteiger partial charge in [0.2, 0.25) is 5.00 Å². The molecule has 0 bridgehead atoms. The van der Waals surface area contributed by atoms with Crippen LogP contribution in [0, 0.1) is 12.4 Å². The maximum Gasteiger partial charge on any atom is 0.335 e. The number of fused-ring (bicyclic) bond motifs is 2. The Balaban J connectivity index is 1.55. The van der Waals surface area contributed by atoms with Crippen LogP contribution in [0.5, 0.6) is 0 Å². The monoisotopic (exact) mass is 618 g/mol. The number of carboxylic acids is 1. The Hall–Kier alpha value is -5.04. The number of aromatic carboxylic acids is 1.